The molecule has 2 saturated carbocycles. The van der Waals surface area contributed by atoms with Gasteiger partial charge in [0.25, 0.3) is 0 Å². The smallest absolute Gasteiger partial charge is 0.184 e. The van der Waals surface area contributed by atoms with E-state index in [1.807, 2.05) is 30.3 Å². The van der Waals surface area contributed by atoms with Gasteiger partial charge in [-0.2, -0.15) is 0 Å². The second-order valence-electron chi connectivity index (χ2n) is 6.19. The van der Waals surface area contributed by atoms with Crippen LogP contribution in [-0.4, -0.2) is 36.5 Å². The Balaban J connectivity index is 2.08. The third kappa shape index (κ3) is 1.78. The van der Waals surface area contributed by atoms with E-state index in [-0.39, 0.29) is 18.1 Å². The van der Waals surface area contributed by atoms with Crippen molar-refractivity contribution in [1.29, 1.82) is 0 Å². The molecule has 0 radical (unpaired) electrons. The molecular formula is C18H22O4. The van der Waals surface area contributed by atoms with Crippen molar-refractivity contribution in [2.75, 3.05) is 14.2 Å². The van der Waals surface area contributed by atoms with Crippen molar-refractivity contribution in [3.63, 3.8) is 0 Å². The highest BCUT2D eigenvalue weighted by atomic mass is 16.7. The van der Waals surface area contributed by atoms with Gasteiger partial charge in [-0.3, -0.25) is 4.79 Å². The number of carbonyl (C=O) groups is 1. The number of hydrogen-bond donors (Lipinski definition) is 1. The monoisotopic (exact) mass is 302 g/mol. The zero-order valence-electron chi connectivity index (χ0n) is 13.0. The minimum absolute atomic E-state index is 0.00342. The first-order chi connectivity index (χ1) is 10.5. The summed E-state index contributed by atoms with van der Waals surface area (Å²) in [5.74, 6) is -2.14. The van der Waals surface area contributed by atoms with Crippen LogP contribution in [0.4, 0.5) is 0 Å². The molecule has 2 aliphatic rings. The lowest BCUT2D eigenvalue weighted by Gasteiger charge is -2.34. The van der Waals surface area contributed by atoms with E-state index in [9.17, 15) is 9.90 Å². The minimum Gasteiger partial charge on any atom is -0.381 e. The number of methoxy groups -OCH3 is 2. The highest BCUT2D eigenvalue weighted by molar-refractivity contribution is 5.95. The molecule has 4 atom stereocenters. The van der Waals surface area contributed by atoms with E-state index in [1.54, 1.807) is 20.3 Å². The Bertz CT molecular complexity index is 578. The average Bonchev–Trinajstić information content (AvgIpc) is 2.97. The first-order valence-corrected chi connectivity index (χ1v) is 7.58. The van der Waals surface area contributed by atoms with Crippen LogP contribution in [0, 0.1) is 11.8 Å². The van der Waals surface area contributed by atoms with Crippen LogP contribution in [0.1, 0.15) is 24.3 Å². The Labute approximate surface area is 130 Å². The van der Waals surface area contributed by atoms with Crippen LogP contribution in [0.5, 0.6) is 0 Å². The summed E-state index contributed by atoms with van der Waals surface area (Å²) >= 11 is 0. The van der Waals surface area contributed by atoms with E-state index in [1.165, 1.54) is 0 Å². The molecule has 2 bridgehead atoms. The molecule has 1 aromatic carbocycles. The van der Waals surface area contributed by atoms with E-state index in [0.717, 1.165) is 5.56 Å². The molecule has 3 rings (SSSR count). The number of fused-ring (bicyclic) bond motifs is 2. The van der Waals surface area contributed by atoms with E-state index >= 15 is 0 Å². The maximum atomic E-state index is 12.9. The highest BCUT2D eigenvalue weighted by Gasteiger charge is 2.74. The summed E-state index contributed by atoms with van der Waals surface area (Å²) in [5, 5.41) is 10.9. The summed E-state index contributed by atoms with van der Waals surface area (Å²) in [5.41, 5.74) is -0.355. The largest absolute Gasteiger partial charge is 0.381 e. The van der Waals surface area contributed by atoms with Crippen molar-refractivity contribution in [1.82, 2.24) is 0 Å². The number of Topliss-reactive ketones (excluding diaryl/α,β-unsaturated/α-hetero) is 1. The molecule has 1 aromatic rings. The molecule has 0 aliphatic heterocycles. The highest BCUT2D eigenvalue weighted by Crippen LogP contribution is 2.63. The van der Waals surface area contributed by atoms with Gasteiger partial charge in [0.05, 0.1) is 11.8 Å². The summed E-state index contributed by atoms with van der Waals surface area (Å²) in [6, 6.07) is 9.90. The summed E-state index contributed by atoms with van der Waals surface area (Å²) in [4.78, 5) is 12.9. The van der Waals surface area contributed by atoms with Crippen LogP contribution in [0.3, 0.4) is 0 Å². The molecule has 0 aromatic heterocycles. The molecule has 2 fully saturated rings. The average molecular weight is 302 g/mol. The zero-order valence-corrected chi connectivity index (χ0v) is 13.0. The van der Waals surface area contributed by atoms with Crippen molar-refractivity contribution < 1.29 is 19.4 Å². The van der Waals surface area contributed by atoms with E-state index in [4.69, 9.17) is 9.47 Å². The summed E-state index contributed by atoms with van der Waals surface area (Å²) in [6.07, 6.45) is 2.47. The molecule has 2 aliphatic carbocycles. The number of rotatable bonds is 5. The van der Waals surface area contributed by atoms with Gasteiger partial charge in [0.1, 0.15) is 5.60 Å². The maximum Gasteiger partial charge on any atom is 0.184 e. The number of hydrogen-bond acceptors (Lipinski definition) is 4. The van der Waals surface area contributed by atoms with Gasteiger partial charge in [-0.25, -0.2) is 0 Å². The lowest BCUT2D eigenvalue weighted by Crippen LogP contribution is -2.47. The Hall–Kier alpha value is -1.49. The Morgan fingerprint density at radius 1 is 1.32 bits per heavy atom. The van der Waals surface area contributed by atoms with Crippen molar-refractivity contribution in [3.05, 3.63) is 48.6 Å². The lowest BCUT2D eigenvalue weighted by atomic mass is 9.74. The van der Waals surface area contributed by atoms with Crippen molar-refractivity contribution in [2.24, 2.45) is 11.8 Å². The second-order valence-corrected chi connectivity index (χ2v) is 6.19. The van der Waals surface area contributed by atoms with Crippen LogP contribution in [0.2, 0.25) is 0 Å². The normalized spacial score (nSPS) is 35.8. The van der Waals surface area contributed by atoms with Gasteiger partial charge in [-0.05, 0) is 17.9 Å². The standard InChI is InChI=1S/C18H22O4/c1-4-10-17(20)14-11-13(12-8-6-5-7-9-12)15(16(17)19)18(14,21-2)22-3/h4-9,13-15,20H,1,10-11H2,2-3H3/t13-,14+,15-,17-/m0/s1. The molecule has 0 unspecified atom stereocenters. The van der Waals surface area contributed by atoms with Crippen LogP contribution < -0.4 is 0 Å². The van der Waals surface area contributed by atoms with Gasteiger partial charge in [0.2, 0.25) is 0 Å². The van der Waals surface area contributed by atoms with Crippen LogP contribution in [-0.2, 0) is 14.3 Å². The van der Waals surface area contributed by atoms with E-state index < -0.39 is 23.2 Å². The third-order valence-corrected chi connectivity index (χ3v) is 5.42. The zero-order chi connectivity index (χ0) is 16.0. The van der Waals surface area contributed by atoms with Gasteiger partial charge in [-0.15, -0.1) is 6.58 Å². The summed E-state index contributed by atoms with van der Waals surface area (Å²) in [6.45, 7) is 3.67. The lowest BCUT2D eigenvalue weighted by molar-refractivity contribution is -0.246. The van der Waals surface area contributed by atoms with Crippen molar-refractivity contribution in [3.8, 4) is 0 Å². The second kappa shape index (κ2) is 5.30. The van der Waals surface area contributed by atoms with Crippen molar-refractivity contribution in [2.45, 2.75) is 30.1 Å². The van der Waals surface area contributed by atoms with Gasteiger partial charge >= 0.3 is 0 Å². The molecule has 118 valence electrons. The molecule has 0 heterocycles. The van der Waals surface area contributed by atoms with Crippen LogP contribution in [0.15, 0.2) is 43.0 Å². The van der Waals surface area contributed by atoms with Gasteiger partial charge in [0, 0.05) is 20.6 Å². The van der Waals surface area contributed by atoms with Crippen molar-refractivity contribution >= 4 is 5.78 Å². The molecule has 4 nitrogen and oxygen atoms in total. The molecule has 0 saturated heterocycles. The third-order valence-electron chi connectivity index (χ3n) is 5.42. The fraction of sp³-hybridized carbons (Fsp3) is 0.500. The number of aliphatic hydroxyl groups is 1. The summed E-state index contributed by atoms with van der Waals surface area (Å²) < 4.78 is 11.3. The van der Waals surface area contributed by atoms with E-state index in [2.05, 4.69) is 6.58 Å². The Morgan fingerprint density at radius 3 is 2.50 bits per heavy atom. The number of benzene rings is 1. The first-order valence-electron chi connectivity index (χ1n) is 7.58. The Kier molecular flexibility index (Phi) is 3.71. The number of ether oxygens (including phenoxy) is 2. The fourth-order valence-electron chi connectivity index (χ4n) is 4.50. The summed E-state index contributed by atoms with van der Waals surface area (Å²) in [7, 11) is 3.09. The fourth-order valence-corrected chi connectivity index (χ4v) is 4.50. The van der Waals surface area contributed by atoms with Crippen LogP contribution in [0.25, 0.3) is 0 Å². The predicted octanol–water partition coefficient (Wildman–Crippen LogP) is 2.29. The molecule has 1 N–H and O–H groups in total. The van der Waals surface area contributed by atoms with Crippen LogP contribution >= 0.6 is 0 Å². The molecule has 0 spiro atoms. The van der Waals surface area contributed by atoms with E-state index in [0.29, 0.717) is 6.42 Å². The van der Waals surface area contributed by atoms with Gasteiger partial charge in [0.15, 0.2) is 11.6 Å². The van der Waals surface area contributed by atoms with Gasteiger partial charge in [-0.1, -0.05) is 36.4 Å². The number of ketones is 1. The topological polar surface area (TPSA) is 55.8 Å². The SMILES string of the molecule is C=CC[C@@]1(O)C(=O)[C@@H]2[C@H](c3ccccc3)C[C@H]1C2(OC)OC. The molecule has 22 heavy (non-hydrogen) atoms. The predicted molar refractivity (Wildman–Crippen MR) is 82.3 cm³/mol. The maximum absolute atomic E-state index is 12.9. The molecule has 0 amide bonds. The molecular weight excluding hydrogens is 280 g/mol. The number of carbonyl (C=O) groups excluding carboxylic acids is 1. The van der Waals surface area contributed by atoms with Gasteiger partial charge < -0.3 is 14.6 Å². The first kappa shape index (κ1) is 15.4. The molecule has 4 heteroatoms. The minimum atomic E-state index is -1.44. The Morgan fingerprint density at radius 2 is 1.95 bits per heavy atom. The quantitative estimate of drug-likeness (QED) is 0.670.